The maximum atomic E-state index is 13.0. The number of hydrogen-bond acceptors (Lipinski definition) is 6. The van der Waals surface area contributed by atoms with Crippen LogP contribution in [0.2, 0.25) is 0 Å². The van der Waals surface area contributed by atoms with Crippen molar-refractivity contribution >= 4 is 34.3 Å². The molecule has 8 nitrogen and oxygen atoms in total. The summed E-state index contributed by atoms with van der Waals surface area (Å²) < 4.78 is 12.5. The number of nitrogens with zero attached hydrogens (tertiary/aromatic N) is 2. The summed E-state index contributed by atoms with van der Waals surface area (Å²) in [6.45, 7) is 6.16. The van der Waals surface area contributed by atoms with E-state index < -0.39 is 12.1 Å². The minimum absolute atomic E-state index is 0.262. The van der Waals surface area contributed by atoms with E-state index >= 15 is 0 Å². The van der Waals surface area contributed by atoms with Gasteiger partial charge in [0.1, 0.15) is 11.8 Å². The Bertz CT molecular complexity index is 1160. The van der Waals surface area contributed by atoms with Gasteiger partial charge in [0.05, 0.1) is 24.7 Å². The molecule has 1 fully saturated rings. The van der Waals surface area contributed by atoms with Crippen molar-refractivity contribution in [2.45, 2.75) is 52.2 Å². The molecule has 2 aromatic heterocycles. The van der Waals surface area contributed by atoms with Crippen molar-refractivity contribution in [3.63, 3.8) is 0 Å². The second kappa shape index (κ2) is 11.4. The largest absolute Gasteiger partial charge is 0.464 e. The Balaban J connectivity index is 1.80. The fourth-order valence-corrected chi connectivity index (χ4v) is 4.50. The number of nitrogens with one attached hydrogen (secondary N) is 2. The molecule has 0 aliphatic carbocycles. The Morgan fingerprint density at radius 3 is 2.66 bits per heavy atom. The zero-order valence-electron chi connectivity index (χ0n) is 20.7. The van der Waals surface area contributed by atoms with Gasteiger partial charge in [0, 0.05) is 25.1 Å². The van der Waals surface area contributed by atoms with Crippen LogP contribution >= 0.6 is 0 Å². The molecule has 1 amide bonds. The van der Waals surface area contributed by atoms with Crippen LogP contribution in [0.25, 0.3) is 11.0 Å². The number of rotatable bonds is 10. The fraction of sp³-hybridized carbons (Fsp3) is 0.444. The summed E-state index contributed by atoms with van der Waals surface area (Å²) in [4.78, 5) is 30.8. The predicted octanol–water partition coefficient (Wildman–Crippen LogP) is 4.84. The zero-order chi connectivity index (χ0) is 24.8. The number of pyridine rings is 1. The van der Waals surface area contributed by atoms with E-state index in [0.717, 1.165) is 37.1 Å². The number of fused-ring (bicyclic) bond motifs is 1. The normalized spacial score (nSPS) is 15.5. The van der Waals surface area contributed by atoms with Gasteiger partial charge in [-0.1, -0.05) is 57.0 Å². The molecule has 1 aliphatic heterocycles. The minimum Gasteiger partial charge on any atom is -0.464 e. The molecule has 0 saturated carbocycles. The zero-order valence-corrected chi connectivity index (χ0v) is 20.7. The highest BCUT2D eigenvalue weighted by atomic mass is 16.5. The highest BCUT2D eigenvalue weighted by Gasteiger charge is 2.30. The Hall–Kier alpha value is -3.39. The summed E-state index contributed by atoms with van der Waals surface area (Å²) in [6.07, 6.45) is 4.91. The van der Waals surface area contributed by atoms with Gasteiger partial charge in [0.15, 0.2) is 5.69 Å². The first-order valence-corrected chi connectivity index (χ1v) is 12.4. The number of anilines is 2. The van der Waals surface area contributed by atoms with Gasteiger partial charge in [0.25, 0.3) is 5.91 Å². The molecule has 3 heterocycles. The van der Waals surface area contributed by atoms with Crippen LogP contribution in [-0.2, 0) is 20.8 Å². The molecule has 1 atom stereocenters. The van der Waals surface area contributed by atoms with Crippen molar-refractivity contribution in [2.24, 2.45) is 5.92 Å². The topological polar surface area (TPSA) is 94.5 Å². The summed E-state index contributed by atoms with van der Waals surface area (Å²) in [6, 6.07) is 11.8. The molecule has 2 N–H and O–H groups in total. The number of carbonyl (C=O) groups excluding carboxylic acids is 2. The monoisotopic (exact) mass is 478 g/mol. The van der Waals surface area contributed by atoms with E-state index in [-0.39, 0.29) is 11.6 Å². The lowest BCUT2D eigenvalue weighted by atomic mass is 10.0. The number of methoxy groups -OCH3 is 1. The van der Waals surface area contributed by atoms with Crippen molar-refractivity contribution in [3.8, 4) is 0 Å². The standard InChI is InChI=1S/C27H34N4O4/c1-4-18(5-2)15-28-20-14-21-23(30-26(32)22-12-9-13-35-22)24(27(33)34-3)31(25(21)29-16-20)17-19-10-7-6-8-11-19/h6-8,10-11,14,16,18,22,28H,4-5,9,12-13,15,17H2,1-3H3,(H,30,32). The van der Waals surface area contributed by atoms with Gasteiger partial charge < -0.3 is 24.7 Å². The molecule has 0 radical (unpaired) electrons. The third kappa shape index (κ3) is 5.48. The molecule has 35 heavy (non-hydrogen) atoms. The average Bonchev–Trinajstić information content (AvgIpc) is 3.52. The molecule has 1 saturated heterocycles. The van der Waals surface area contributed by atoms with Gasteiger partial charge >= 0.3 is 5.97 Å². The fourth-order valence-electron chi connectivity index (χ4n) is 4.50. The summed E-state index contributed by atoms with van der Waals surface area (Å²) in [5.41, 5.74) is 3.11. The smallest absolute Gasteiger partial charge is 0.356 e. The number of hydrogen-bond donors (Lipinski definition) is 2. The highest BCUT2D eigenvalue weighted by molar-refractivity contribution is 6.12. The minimum atomic E-state index is -0.534. The number of amides is 1. The van der Waals surface area contributed by atoms with Gasteiger partial charge in [-0.05, 0) is 30.4 Å². The molecule has 8 heteroatoms. The SMILES string of the molecule is CCC(CC)CNc1cnc2c(c1)c(NC(=O)C1CCCO1)c(C(=O)OC)n2Cc1ccccc1. The number of benzene rings is 1. The first-order chi connectivity index (χ1) is 17.0. The van der Waals surface area contributed by atoms with Crippen LogP contribution in [0, 0.1) is 5.92 Å². The van der Waals surface area contributed by atoms with Crippen LogP contribution < -0.4 is 10.6 Å². The van der Waals surface area contributed by atoms with Crippen molar-refractivity contribution < 1.29 is 19.1 Å². The van der Waals surface area contributed by atoms with E-state index in [9.17, 15) is 9.59 Å². The van der Waals surface area contributed by atoms with E-state index in [1.54, 1.807) is 6.20 Å². The van der Waals surface area contributed by atoms with Crippen molar-refractivity contribution in [3.05, 3.63) is 53.9 Å². The molecule has 0 bridgehead atoms. The van der Waals surface area contributed by atoms with Crippen molar-refractivity contribution in [2.75, 3.05) is 30.9 Å². The number of ether oxygens (including phenoxy) is 2. The molecule has 1 aliphatic rings. The summed E-state index contributed by atoms with van der Waals surface area (Å²) in [7, 11) is 1.34. The Morgan fingerprint density at radius 2 is 2.00 bits per heavy atom. The van der Waals surface area contributed by atoms with Gasteiger partial charge in [-0.15, -0.1) is 0 Å². The lowest BCUT2D eigenvalue weighted by Crippen LogP contribution is -2.28. The van der Waals surface area contributed by atoms with E-state index in [2.05, 4.69) is 24.5 Å². The van der Waals surface area contributed by atoms with Crippen LogP contribution in [0.1, 0.15) is 55.6 Å². The highest BCUT2D eigenvalue weighted by Crippen LogP contribution is 2.34. The molecule has 4 rings (SSSR count). The summed E-state index contributed by atoms with van der Waals surface area (Å²) in [5.74, 6) is -0.243. The van der Waals surface area contributed by atoms with Crippen LogP contribution in [0.5, 0.6) is 0 Å². The van der Waals surface area contributed by atoms with E-state index in [1.807, 2.05) is 41.0 Å². The second-order valence-electron chi connectivity index (χ2n) is 8.94. The average molecular weight is 479 g/mol. The van der Waals surface area contributed by atoms with Gasteiger partial charge in [-0.25, -0.2) is 9.78 Å². The maximum absolute atomic E-state index is 13.0. The van der Waals surface area contributed by atoms with Crippen LogP contribution in [-0.4, -0.2) is 47.8 Å². The number of esters is 1. The predicted molar refractivity (Wildman–Crippen MR) is 137 cm³/mol. The molecular formula is C27H34N4O4. The lowest BCUT2D eigenvalue weighted by molar-refractivity contribution is -0.124. The summed E-state index contributed by atoms with van der Waals surface area (Å²) in [5, 5.41) is 7.13. The van der Waals surface area contributed by atoms with Gasteiger partial charge in [-0.2, -0.15) is 0 Å². The third-order valence-corrected chi connectivity index (χ3v) is 6.68. The van der Waals surface area contributed by atoms with Crippen molar-refractivity contribution in [1.29, 1.82) is 0 Å². The molecule has 1 aromatic carbocycles. The second-order valence-corrected chi connectivity index (χ2v) is 8.94. The summed E-state index contributed by atoms with van der Waals surface area (Å²) >= 11 is 0. The van der Waals surface area contributed by atoms with Crippen LogP contribution in [0.4, 0.5) is 11.4 Å². The van der Waals surface area contributed by atoms with Gasteiger partial charge in [-0.3, -0.25) is 4.79 Å². The first-order valence-electron chi connectivity index (χ1n) is 12.4. The maximum Gasteiger partial charge on any atom is 0.356 e. The molecule has 0 spiro atoms. The molecular weight excluding hydrogens is 444 g/mol. The van der Waals surface area contributed by atoms with Crippen molar-refractivity contribution in [1.82, 2.24) is 9.55 Å². The van der Waals surface area contributed by atoms with E-state index in [1.165, 1.54) is 7.11 Å². The van der Waals surface area contributed by atoms with Crippen LogP contribution in [0.3, 0.4) is 0 Å². The van der Waals surface area contributed by atoms with E-state index in [4.69, 9.17) is 14.5 Å². The van der Waals surface area contributed by atoms with Crippen LogP contribution in [0.15, 0.2) is 42.6 Å². The molecule has 186 valence electrons. The first kappa shape index (κ1) is 24.7. The van der Waals surface area contributed by atoms with E-state index in [0.29, 0.717) is 42.2 Å². The Labute approximate surface area is 206 Å². The molecule has 3 aromatic rings. The number of carbonyl (C=O) groups is 2. The van der Waals surface area contributed by atoms with Gasteiger partial charge in [0.2, 0.25) is 0 Å². The Kier molecular flexibility index (Phi) is 8.02. The molecule has 1 unspecified atom stereocenters. The number of aromatic nitrogens is 2. The third-order valence-electron chi connectivity index (χ3n) is 6.68. The quantitative estimate of drug-likeness (QED) is 0.405. The Morgan fingerprint density at radius 1 is 1.23 bits per heavy atom. The lowest BCUT2D eigenvalue weighted by Gasteiger charge is -2.14.